The third-order valence-electron chi connectivity index (χ3n) is 4.55. The number of aliphatic hydroxyl groups excluding tert-OH is 1. The predicted octanol–water partition coefficient (Wildman–Crippen LogP) is 1.53. The first-order valence-corrected chi connectivity index (χ1v) is 7.39. The quantitative estimate of drug-likeness (QED) is 0.867. The lowest BCUT2D eigenvalue weighted by Gasteiger charge is -2.24. The maximum absolute atomic E-state index is 10.1. The fourth-order valence-electron chi connectivity index (χ4n) is 3.44. The standard InChI is InChI=1S/C15H18ClN3O2/c1-8-10(4-3-9(7-17)12(8)16)13-15(21-2)14-11(20)5-6-19(14)18-13/h3-4,11,13-15,18,20H,5-6H2,1-2H3/t11-,13?,14-,15+/m0/s1. The molecule has 2 saturated heterocycles. The van der Waals surface area contributed by atoms with Gasteiger partial charge in [-0.25, -0.2) is 10.4 Å². The molecule has 3 rings (SSSR count). The van der Waals surface area contributed by atoms with Crippen LogP contribution in [0.1, 0.15) is 29.2 Å². The van der Waals surface area contributed by atoms with Gasteiger partial charge in [0.25, 0.3) is 0 Å². The van der Waals surface area contributed by atoms with Crippen molar-refractivity contribution in [2.24, 2.45) is 0 Å². The Hall–Kier alpha value is -1.16. The Morgan fingerprint density at radius 3 is 2.95 bits per heavy atom. The largest absolute Gasteiger partial charge is 0.391 e. The molecule has 1 aromatic rings. The molecule has 0 amide bonds. The Balaban J connectivity index is 1.98. The lowest BCUT2D eigenvalue weighted by molar-refractivity contribution is 0.0206. The lowest BCUT2D eigenvalue weighted by atomic mass is 9.92. The van der Waals surface area contributed by atoms with Gasteiger partial charge in [0.1, 0.15) is 6.07 Å². The summed E-state index contributed by atoms with van der Waals surface area (Å²) in [5.74, 6) is 0. The number of hydrogen-bond acceptors (Lipinski definition) is 5. The van der Waals surface area contributed by atoms with Gasteiger partial charge in [0.2, 0.25) is 0 Å². The fourth-order valence-corrected chi connectivity index (χ4v) is 3.65. The molecule has 1 unspecified atom stereocenters. The third kappa shape index (κ3) is 2.24. The van der Waals surface area contributed by atoms with E-state index in [0.717, 1.165) is 24.1 Å². The molecule has 1 aromatic carbocycles. The number of aliphatic hydroxyl groups is 1. The van der Waals surface area contributed by atoms with Gasteiger partial charge >= 0.3 is 0 Å². The van der Waals surface area contributed by atoms with Crippen LogP contribution in [-0.4, -0.2) is 42.0 Å². The van der Waals surface area contributed by atoms with Gasteiger partial charge < -0.3 is 9.84 Å². The number of halogens is 1. The molecule has 0 bridgehead atoms. The maximum atomic E-state index is 10.1. The summed E-state index contributed by atoms with van der Waals surface area (Å²) in [4.78, 5) is 0. The predicted molar refractivity (Wildman–Crippen MR) is 78.7 cm³/mol. The van der Waals surface area contributed by atoms with E-state index in [0.29, 0.717) is 10.6 Å². The number of ether oxygens (including phenoxy) is 1. The molecule has 6 heteroatoms. The summed E-state index contributed by atoms with van der Waals surface area (Å²) in [7, 11) is 1.66. The number of nitriles is 1. The summed E-state index contributed by atoms with van der Waals surface area (Å²) in [6.45, 7) is 2.71. The molecule has 5 nitrogen and oxygen atoms in total. The first-order chi connectivity index (χ1) is 10.1. The van der Waals surface area contributed by atoms with Gasteiger partial charge in [-0.05, 0) is 30.5 Å². The van der Waals surface area contributed by atoms with Crippen LogP contribution in [0.5, 0.6) is 0 Å². The molecule has 2 aliphatic heterocycles. The van der Waals surface area contributed by atoms with E-state index < -0.39 is 0 Å². The molecular formula is C15H18ClN3O2. The fraction of sp³-hybridized carbons (Fsp3) is 0.533. The van der Waals surface area contributed by atoms with Gasteiger partial charge in [-0.3, -0.25) is 0 Å². The molecule has 2 fully saturated rings. The normalized spacial score (nSPS) is 32.1. The molecule has 0 saturated carbocycles. The van der Waals surface area contributed by atoms with Crippen LogP contribution >= 0.6 is 11.6 Å². The lowest BCUT2D eigenvalue weighted by Crippen LogP contribution is -2.39. The number of rotatable bonds is 2. The van der Waals surface area contributed by atoms with E-state index in [-0.39, 0.29) is 24.3 Å². The summed E-state index contributed by atoms with van der Waals surface area (Å²) in [6, 6.07) is 5.63. The number of hydrogen-bond donors (Lipinski definition) is 2. The summed E-state index contributed by atoms with van der Waals surface area (Å²) >= 11 is 6.26. The smallest absolute Gasteiger partial charge is 0.101 e. The van der Waals surface area contributed by atoms with Crippen molar-refractivity contribution in [1.29, 1.82) is 5.26 Å². The minimum absolute atomic E-state index is 0.0474. The van der Waals surface area contributed by atoms with Crippen LogP contribution in [0.4, 0.5) is 0 Å². The highest BCUT2D eigenvalue weighted by molar-refractivity contribution is 6.32. The van der Waals surface area contributed by atoms with Crippen LogP contribution in [0.3, 0.4) is 0 Å². The molecule has 21 heavy (non-hydrogen) atoms. The van der Waals surface area contributed by atoms with Crippen molar-refractivity contribution in [2.45, 2.75) is 37.6 Å². The first kappa shape index (κ1) is 14.8. The van der Waals surface area contributed by atoms with Gasteiger partial charge in [-0.15, -0.1) is 0 Å². The van der Waals surface area contributed by atoms with Crippen LogP contribution < -0.4 is 5.43 Å². The van der Waals surface area contributed by atoms with Crippen molar-refractivity contribution in [3.05, 3.63) is 33.8 Å². The Kier molecular flexibility index (Phi) is 3.91. The van der Waals surface area contributed by atoms with Crippen molar-refractivity contribution in [1.82, 2.24) is 10.4 Å². The van der Waals surface area contributed by atoms with E-state index >= 15 is 0 Å². The Morgan fingerprint density at radius 1 is 1.52 bits per heavy atom. The zero-order valence-electron chi connectivity index (χ0n) is 12.0. The van der Waals surface area contributed by atoms with Crippen molar-refractivity contribution in [3.63, 3.8) is 0 Å². The second kappa shape index (κ2) is 5.56. The SMILES string of the molecule is CO[C@@H]1C(c2ccc(C#N)c(Cl)c2C)NN2CC[C@H](O)[C@@H]12. The Morgan fingerprint density at radius 2 is 2.29 bits per heavy atom. The number of hydrazine groups is 1. The summed E-state index contributed by atoms with van der Waals surface area (Å²) in [6.07, 6.45) is 0.212. The monoisotopic (exact) mass is 307 g/mol. The van der Waals surface area contributed by atoms with Gasteiger partial charge in [-0.1, -0.05) is 17.7 Å². The van der Waals surface area contributed by atoms with Crippen LogP contribution in [0.25, 0.3) is 0 Å². The van der Waals surface area contributed by atoms with Crippen molar-refractivity contribution >= 4 is 11.6 Å². The van der Waals surface area contributed by atoms with Gasteiger partial charge in [0.05, 0.1) is 34.9 Å². The molecule has 112 valence electrons. The topological polar surface area (TPSA) is 68.5 Å². The molecule has 0 spiro atoms. The minimum Gasteiger partial charge on any atom is -0.391 e. The summed E-state index contributed by atoms with van der Waals surface area (Å²) in [5, 5.41) is 21.7. The van der Waals surface area contributed by atoms with E-state index in [1.807, 2.05) is 13.0 Å². The number of fused-ring (bicyclic) bond motifs is 1. The highest BCUT2D eigenvalue weighted by Gasteiger charge is 2.49. The second-order valence-electron chi connectivity index (χ2n) is 5.60. The van der Waals surface area contributed by atoms with Gasteiger partial charge in [0, 0.05) is 13.7 Å². The summed E-state index contributed by atoms with van der Waals surface area (Å²) < 4.78 is 5.64. The van der Waals surface area contributed by atoms with E-state index in [2.05, 4.69) is 16.5 Å². The number of benzene rings is 1. The molecule has 2 heterocycles. The minimum atomic E-state index is -0.387. The van der Waals surface area contributed by atoms with Gasteiger partial charge in [-0.2, -0.15) is 5.26 Å². The van der Waals surface area contributed by atoms with Crippen molar-refractivity contribution in [2.75, 3.05) is 13.7 Å². The van der Waals surface area contributed by atoms with E-state index in [1.165, 1.54) is 0 Å². The van der Waals surface area contributed by atoms with Crippen molar-refractivity contribution < 1.29 is 9.84 Å². The highest BCUT2D eigenvalue weighted by atomic mass is 35.5. The Bertz CT molecular complexity index is 601. The molecule has 2 aliphatic rings. The first-order valence-electron chi connectivity index (χ1n) is 7.01. The number of nitrogens with one attached hydrogen (secondary N) is 1. The van der Waals surface area contributed by atoms with Gasteiger partial charge in [0.15, 0.2) is 0 Å². The highest BCUT2D eigenvalue weighted by Crippen LogP contribution is 2.38. The van der Waals surface area contributed by atoms with E-state index in [9.17, 15) is 5.11 Å². The summed E-state index contributed by atoms with van der Waals surface area (Å²) in [5.41, 5.74) is 5.78. The van der Waals surface area contributed by atoms with E-state index in [1.54, 1.807) is 13.2 Å². The maximum Gasteiger partial charge on any atom is 0.101 e. The zero-order chi connectivity index (χ0) is 15.1. The number of methoxy groups -OCH3 is 1. The molecule has 2 N–H and O–H groups in total. The van der Waals surface area contributed by atoms with Crippen molar-refractivity contribution in [3.8, 4) is 6.07 Å². The van der Waals surface area contributed by atoms with E-state index in [4.69, 9.17) is 21.6 Å². The van der Waals surface area contributed by atoms with Crippen LogP contribution in [0.15, 0.2) is 12.1 Å². The van der Waals surface area contributed by atoms with Crippen LogP contribution in [-0.2, 0) is 4.74 Å². The molecular weight excluding hydrogens is 290 g/mol. The molecule has 4 atom stereocenters. The molecule has 0 aromatic heterocycles. The molecule has 0 aliphatic carbocycles. The number of nitrogens with zero attached hydrogens (tertiary/aromatic N) is 2. The average Bonchev–Trinajstić information content (AvgIpc) is 3.02. The molecule has 0 radical (unpaired) electrons. The third-order valence-corrected chi connectivity index (χ3v) is 5.03. The second-order valence-corrected chi connectivity index (χ2v) is 5.98. The average molecular weight is 308 g/mol. The van der Waals surface area contributed by atoms with Crippen LogP contribution in [0, 0.1) is 18.3 Å². The zero-order valence-corrected chi connectivity index (χ0v) is 12.8. The van der Waals surface area contributed by atoms with Crippen LogP contribution in [0.2, 0.25) is 5.02 Å². The Labute approximate surface area is 129 Å².